The average Bonchev–Trinajstić information content (AvgIpc) is 2.71. The first-order valence-electron chi connectivity index (χ1n) is 9.29. The number of fused-ring (bicyclic) bond motifs is 1. The topological polar surface area (TPSA) is 169 Å². The number of rotatable bonds is 3. The third-order valence-electron chi connectivity index (χ3n) is 5.21. The molecule has 1 saturated heterocycles. The number of hydrogen-bond donors (Lipinski definition) is 7. The van der Waals surface area contributed by atoms with Crippen LogP contribution in [-0.4, -0.2) is 73.1 Å². The van der Waals surface area contributed by atoms with Crippen LogP contribution in [0.1, 0.15) is 17.2 Å². The molecule has 0 spiro atoms. The lowest BCUT2D eigenvalue weighted by Crippen LogP contribution is -2.54. The number of phenols is 3. The van der Waals surface area contributed by atoms with E-state index in [4.69, 9.17) is 14.2 Å². The monoisotopic (exact) mass is 422 g/mol. The number of benzene rings is 2. The summed E-state index contributed by atoms with van der Waals surface area (Å²) in [5, 5.41) is 69.3. The Hall–Kier alpha value is -2.76. The lowest BCUT2D eigenvalue weighted by atomic mass is 9.94. The minimum atomic E-state index is -1.51. The first-order chi connectivity index (χ1) is 14.2. The predicted octanol–water partition coefficient (Wildman–Crippen LogP) is -0.342. The van der Waals surface area contributed by atoms with Gasteiger partial charge in [0.15, 0.2) is 11.5 Å². The van der Waals surface area contributed by atoms with E-state index in [0.717, 1.165) is 0 Å². The van der Waals surface area contributed by atoms with Crippen LogP contribution in [0.15, 0.2) is 30.3 Å². The van der Waals surface area contributed by atoms with E-state index in [1.165, 1.54) is 30.3 Å². The van der Waals surface area contributed by atoms with Crippen molar-refractivity contribution in [3.8, 4) is 28.7 Å². The van der Waals surface area contributed by atoms with Crippen LogP contribution >= 0.6 is 0 Å². The lowest BCUT2D eigenvalue weighted by molar-refractivity contribution is -0.242. The van der Waals surface area contributed by atoms with Crippen molar-refractivity contribution in [2.45, 2.75) is 43.2 Å². The number of hydrogen-bond acceptors (Lipinski definition) is 10. The largest absolute Gasteiger partial charge is 0.507 e. The van der Waals surface area contributed by atoms with Crippen molar-refractivity contribution in [1.29, 1.82) is 0 Å². The van der Waals surface area contributed by atoms with Crippen LogP contribution in [0.3, 0.4) is 0 Å². The molecule has 162 valence electrons. The molecular weight excluding hydrogens is 400 g/mol. The summed E-state index contributed by atoms with van der Waals surface area (Å²) >= 11 is 0. The fraction of sp³-hybridized carbons (Fsp3) is 0.400. The Balaban J connectivity index is 1.58. The van der Waals surface area contributed by atoms with Crippen LogP contribution in [0.2, 0.25) is 0 Å². The molecule has 7 N–H and O–H groups in total. The molecule has 0 aromatic heterocycles. The number of ether oxygens (including phenoxy) is 3. The second-order valence-electron chi connectivity index (χ2n) is 7.35. The summed E-state index contributed by atoms with van der Waals surface area (Å²) in [6, 6.07) is 6.73. The number of aliphatic hydroxyl groups is 4. The van der Waals surface area contributed by atoms with Gasteiger partial charge in [0.05, 0.1) is 12.7 Å². The Bertz CT molecular complexity index is 932. The Morgan fingerprint density at radius 3 is 2.33 bits per heavy atom. The van der Waals surface area contributed by atoms with E-state index in [1.54, 1.807) is 0 Å². The number of phenolic OH excluding ortho intramolecular Hbond substituents is 3. The molecule has 10 heteroatoms. The normalized spacial score (nSPS) is 30.9. The standard InChI is InChI=1S/C20H22O10/c21-11-2-1-8(3-13(11)23)19-14(24)6-10-12(22)4-9(5-16(10)30-19)29-20-18(27)17(26)15(25)7-28-20/h1-5,14-15,17-27H,6-7H2/t14?,15-,17+,18-,19?,20?/m1/s1. The van der Waals surface area contributed by atoms with E-state index in [1.807, 2.05) is 0 Å². The van der Waals surface area contributed by atoms with Crippen molar-refractivity contribution >= 4 is 0 Å². The van der Waals surface area contributed by atoms with Crippen LogP contribution in [0.25, 0.3) is 0 Å². The fourth-order valence-electron chi connectivity index (χ4n) is 3.54. The first kappa shape index (κ1) is 20.5. The summed E-state index contributed by atoms with van der Waals surface area (Å²) in [7, 11) is 0. The van der Waals surface area contributed by atoms with Crippen LogP contribution in [0.5, 0.6) is 28.7 Å². The van der Waals surface area contributed by atoms with Gasteiger partial charge in [-0.2, -0.15) is 0 Å². The Kier molecular flexibility index (Phi) is 5.35. The van der Waals surface area contributed by atoms with E-state index in [9.17, 15) is 35.7 Å². The Morgan fingerprint density at radius 2 is 1.60 bits per heavy atom. The molecule has 2 aromatic rings. The highest BCUT2D eigenvalue weighted by Crippen LogP contribution is 2.43. The molecule has 2 aliphatic rings. The smallest absolute Gasteiger partial charge is 0.228 e. The molecule has 1 fully saturated rings. The van der Waals surface area contributed by atoms with Crippen molar-refractivity contribution in [2.75, 3.05) is 6.61 Å². The summed E-state index contributed by atoms with van der Waals surface area (Å²) in [5.41, 5.74) is 0.757. The maximum Gasteiger partial charge on any atom is 0.228 e. The summed E-state index contributed by atoms with van der Waals surface area (Å²) < 4.78 is 16.5. The Labute approximate surface area is 170 Å². The van der Waals surface area contributed by atoms with Gasteiger partial charge in [-0.05, 0) is 17.7 Å². The molecule has 3 unspecified atom stereocenters. The van der Waals surface area contributed by atoms with E-state index in [0.29, 0.717) is 11.1 Å². The van der Waals surface area contributed by atoms with Gasteiger partial charge in [0, 0.05) is 24.1 Å². The molecule has 4 rings (SSSR count). The highest BCUT2D eigenvalue weighted by Gasteiger charge is 2.39. The van der Waals surface area contributed by atoms with Crippen molar-refractivity contribution < 1.29 is 50.0 Å². The van der Waals surface area contributed by atoms with Gasteiger partial charge in [-0.1, -0.05) is 6.07 Å². The molecule has 2 aliphatic heterocycles. The molecule has 2 heterocycles. The molecule has 0 bridgehead atoms. The minimum Gasteiger partial charge on any atom is -0.507 e. The molecule has 6 atom stereocenters. The van der Waals surface area contributed by atoms with E-state index in [-0.39, 0.29) is 41.8 Å². The predicted molar refractivity (Wildman–Crippen MR) is 99.3 cm³/mol. The highest BCUT2D eigenvalue weighted by molar-refractivity contribution is 5.52. The Morgan fingerprint density at radius 1 is 0.833 bits per heavy atom. The van der Waals surface area contributed by atoms with Crippen LogP contribution in [-0.2, 0) is 11.2 Å². The van der Waals surface area contributed by atoms with Gasteiger partial charge in [0.25, 0.3) is 0 Å². The van der Waals surface area contributed by atoms with Gasteiger partial charge >= 0.3 is 0 Å². The maximum atomic E-state index is 10.5. The molecule has 30 heavy (non-hydrogen) atoms. The van der Waals surface area contributed by atoms with Crippen molar-refractivity contribution in [1.82, 2.24) is 0 Å². The zero-order chi connectivity index (χ0) is 21.6. The summed E-state index contributed by atoms with van der Waals surface area (Å²) in [6.07, 6.45) is -7.34. The second-order valence-corrected chi connectivity index (χ2v) is 7.35. The lowest BCUT2D eigenvalue weighted by Gasteiger charge is -2.35. The van der Waals surface area contributed by atoms with Crippen molar-refractivity contribution in [3.05, 3.63) is 41.5 Å². The average molecular weight is 422 g/mol. The molecule has 0 radical (unpaired) electrons. The van der Waals surface area contributed by atoms with Gasteiger partial charge < -0.3 is 50.0 Å². The first-order valence-corrected chi connectivity index (χ1v) is 9.29. The van der Waals surface area contributed by atoms with Gasteiger partial charge in [0.2, 0.25) is 6.29 Å². The summed E-state index contributed by atoms with van der Waals surface area (Å²) in [5.74, 6) is -0.602. The van der Waals surface area contributed by atoms with E-state index < -0.39 is 36.8 Å². The van der Waals surface area contributed by atoms with Crippen LogP contribution in [0.4, 0.5) is 0 Å². The van der Waals surface area contributed by atoms with Crippen molar-refractivity contribution in [3.63, 3.8) is 0 Å². The van der Waals surface area contributed by atoms with Gasteiger partial charge in [0.1, 0.15) is 41.7 Å². The van der Waals surface area contributed by atoms with Gasteiger partial charge in [-0.3, -0.25) is 0 Å². The fourth-order valence-corrected chi connectivity index (χ4v) is 3.54. The van der Waals surface area contributed by atoms with E-state index in [2.05, 4.69) is 0 Å². The molecule has 0 aliphatic carbocycles. The zero-order valence-corrected chi connectivity index (χ0v) is 15.6. The second kappa shape index (κ2) is 7.82. The third-order valence-corrected chi connectivity index (χ3v) is 5.21. The third kappa shape index (κ3) is 3.71. The highest BCUT2D eigenvalue weighted by atomic mass is 16.7. The molecule has 0 saturated carbocycles. The number of aliphatic hydroxyl groups excluding tert-OH is 4. The van der Waals surface area contributed by atoms with Crippen LogP contribution < -0.4 is 9.47 Å². The molecular formula is C20H22O10. The van der Waals surface area contributed by atoms with Crippen molar-refractivity contribution in [2.24, 2.45) is 0 Å². The molecule has 2 aromatic carbocycles. The maximum absolute atomic E-state index is 10.5. The minimum absolute atomic E-state index is 0.0568. The van der Waals surface area contributed by atoms with Gasteiger partial charge in [-0.25, -0.2) is 0 Å². The summed E-state index contributed by atoms with van der Waals surface area (Å²) in [4.78, 5) is 0. The SMILES string of the molecule is Oc1ccc(C2Oc3cc(OC4OC[C@@H](O)[C@H](O)[C@H]4O)cc(O)c3CC2O)cc1O. The number of aromatic hydroxyl groups is 3. The molecule has 0 amide bonds. The quantitative estimate of drug-likeness (QED) is 0.325. The summed E-state index contributed by atoms with van der Waals surface area (Å²) in [6.45, 7) is -0.241. The molecule has 10 nitrogen and oxygen atoms in total. The van der Waals surface area contributed by atoms with E-state index >= 15 is 0 Å². The van der Waals surface area contributed by atoms with Gasteiger partial charge in [-0.15, -0.1) is 0 Å². The zero-order valence-electron chi connectivity index (χ0n) is 15.6. The van der Waals surface area contributed by atoms with Crippen LogP contribution in [0, 0.1) is 0 Å².